The van der Waals surface area contributed by atoms with Crippen molar-refractivity contribution in [3.63, 3.8) is 0 Å². The summed E-state index contributed by atoms with van der Waals surface area (Å²) in [6.45, 7) is 0.577. The van der Waals surface area contributed by atoms with Crippen molar-refractivity contribution in [1.29, 1.82) is 5.26 Å². The summed E-state index contributed by atoms with van der Waals surface area (Å²) in [7, 11) is 6.42. The number of anilines is 1. The van der Waals surface area contributed by atoms with Crippen LogP contribution < -0.4 is 9.49 Å². The molecule has 0 heterocycles. The minimum atomic E-state index is 0.437. The van der Waals surface area contributed by atoms with E-state index >= 15 is 0 Å². The fraction of sp³-hybridized carbons (Fsp3) is 0.263. The number of hydrazone groups is 1. The Bertz CT molecular complexity index is 676. The largest absolute Gasteiger partial charge is 0.298 e. The summed E-state index contributed by atoms with van der Waals surface area (Å²) in [5.41, 5.74) is 3.27. The molecule has 0 unspecified atom stereocenters. The second kappa shape index (κ2) is 7.57. The minimum Gasteiger partial charge on any atom is -0.298 e. The zero-order chi connectivity index (χ0) is 16.7. The molecule has 2 aromatic rings. The number of benzene rings is 2. The molecule has 0 amide bonds. The lowest BCUT2D eigenvalue weighted by molar-refractivity contribution is 0.486. The van der Waals surface area contributed by atoms with Crippen LogP contribution in [0.25, 0.3) is 0 Å². The quantitative estimate of drug-likeness (QED) is 0.464. The molecule has 0 aliphatic rings. The molecule has 0 fully saturated rings. The lowest BCUT2D eigenvalue weighted by Gasteiger charge is -2.23. The first-order valence-corrected chi connectivity index (χ1v) is 7.66. The number of rotatable bonds is 6. The molecule has 2 rings (SSSR count). The molecule has 0 spiro atoms. The fourth-order valence-corrected chi connectivity index (χ4v) is 2.15. The zero-order valence-electron chi connectivity index (χ0n) is 14.0. The number of para-hydroxylation sites is 1. The van der Waals surface area contributed by atoms with Gasteiger partial charge in [-0.15, -0.1) is 0 Å². The number of hydrogen-bond acceptors (Lipinski definition) is 3. The summed E-state index contributed by atoms with van der Waals surface area (Å²) in [6, 6.07) is 20.4. The van der Waals surface area contributed by atoms with Crippen molar-refractivity contribution in [2.45, 2.75) is 6.42 Å². The van der Waals surface area contributed by atoms with E-state index in [1.54, 1.807) is 0 Å². The average molecular weight is 307 g/mol. The van der Waals surface area contributed by atoms with Gasteiger partial charge in [0.25, 0.3) is 0 Å². The minimum absolute atomic E-state index is 0.437. The smallest absolute Gasteiger partial charge is 0.132 e. The van der Waals surface area contributed by atoms with Crippen LogP contribution in [0.1, 0.15) is 12.0 Å². The maximum Gasteiger partial charge on any atom is 0.132 e. The normalized spacial score (nSPS) is 11.4. The van der Waals surface area contributed by atoms with Crippen LogP contribution in [0, 0.1) is 11.3 Å². The molecule has 0 radical (unpaired) electrons. The maximum atomic E-state index is 8.82. The third-order valence-corrected chi connectivity index (χ3v) is 3.50. The second-order valence-electron chi connectivity index (χ2n) is 6.22. The highest BCUT2D eigenvalue weighted by Crippen LogP contribution is 2.17. The Morgan fingerprint density at radius 2 is 1.70 bits per heavy atom. The average Bonchev–Trinajstić information content (AvgIpc) is 2.55. The summed E-state index contributed by atoms with van der Waals surface area (Å²) in [5, 5.41) is 15.2. The molecule has 0 N–H and O–H groups in total. The van der Waals surface area contributed by atoms with Gasteiger partial charge < -0.3 is 0 Å². The van der Waals surface area contributed by atoms with Gasteiger partial charge in [-0.1, -0.05) is 18.2 Å². The zero-order valence-corrected chi connectivity index (χ0v) is 14.0. The molecule has 2 aromatic carbocycles. The summed E-state index contributed by atoms with van der Waals surface area (Å²) in [6.07, 6.45) is 2.27. The van der Waals surface area contributed by atoms with Crippen molar-refractivity contribution in [3.05, 3.63) is 60.2 Å². The van der Waals surface area contributed by atoms with Crippen LogP contribution >= 0.6 is 0 Å². The van der Waals surface area contributed by atoms with Crippen molar-refractivity contribution >= 4 is 17.6 Å². The number of hydrogen-bond donors (Lipinski definition) is 0. The monoisotopic (exact) mass is 307 g/mol. The third kappa shape index (κ3) is 4.94. The molecule has 0 aliphatic carbocycles. The Hall–Kier alpha value is -2.64. The molecule has 0 saturated heterocycles. The van der Waals surface area contributed by atoms with Gasteiger partial charge in [0.2, 0.25) is 0 Å². The molecule has 0 bridgehead atoms. The van der Waals surface area contributed by atoms with Gasteiger partial charge in [-0.3, -0.25) is 9.49 Å². The number of quaternary nitrogens is 1. The van der Waals surface area contributed by atoms with Crippen LogP contribution in [0.2, 0.25) is 0 Å². The molecular weight excluding hydrogens is 284 g/mol. The summed E-state index contributed by atoms with van der Waals surface area (Å²) in [5.74, 6) is 0. The Kier molecular flexibility index (Phi) is 5.51. The SMILES string of the molecule is C[N+](C)(C)c1ccc(C=NN(CCC#N)c2ccccc2)cc1. The molecule has 0 aromatic heterocycles. The predicted octanol–water partition coefficient (Wildman–Crippen LogP) is 3.64. The number of nitrogens with zero attached hydrogens (tertiary/aromatic N) is 4. The highest BCUT2D eigenvalue weighted by atomic mass is 15.4. The van der Waals surface area contributed by atoms with E-state index in [1.165, 1.54) is 5.69 Å². The first kappa shape index (κ1) is 16.7. The highest BCUT2D eigenvalue weighted by Gasteiger charge is 2.10. The van der Waals surface area contributed by atoms with Gasteiger partial charge >= 0.3 is 0 Å². The highest BCUT2D eigenvalue weighted by molar-refractivity contribution is 5.81. The molecule has 0 atom stereocenters. The van der Waals surface area contributed by atoms with Crippen molar-refractivity contribution in [2.24, 2.45) is 5.10 Å². The van der Waals surface area contributed by atoms with Crippen LogP contribution in [0.15, 0.2) is 59.7 Å². The van der Waals surface area contributed by atoms with Gasteiger partial charge in [-0.25, -0.2) is 0 Å². The van der Waals surface area contributed by atoms with E-state index < -0.39 is 0 Å². The molecule has 118 valence electrons. The molecule has 4 heteroatoms. The van der Waals surface area contributed by atoms with Crippen LogP contribution in [0.5, 0.6) is 0 Å². The lowest BCUT2D eigenvalue weighted by atomic mass is 10.2. The standard InChI is InChI=1S/C19H23N4/c1-23(2,3)19-12-10-17(11-13-19)16-21-22(15-7-14-20)18-8-5-4-6-9-18/h4-6,8-13,16H,7,15H2,1-3H3/q+1. The van der Waals surface area contributed by atoms with Crippen LogP contribution in [-0.4, -0.2) is 33.9 Å². The van der Waals surface area contributed by atoms with E-state index in [4.69, 9.17) is 5.26 Å². The summed E-state index contributed by atoms with van der Waals surface area (Å²) < 4.78 is 0.787. The van der Waals surface area contributed by atoms with Gasteiger partial charge in [0.05, 0.1) is 52.1 Å². The van der Waals surface area contributed by atoms with Gasteiger partial charge in [0.1, 0.15) is 5.69 Å². The van der Waals surface area contributed by atoms with Crippen LogP contribution in [0.4, 0.5) is 11.4 Å². The first-order valence-electron chi connectivity index (χ1n) is 7.66. The Labute approximate surface area is 138 Å². The fourth-order valence-electron chi connectivity index (χ4n) is 2.15. The topological polar surface area (TPSA) is 39.4 Å². The Morgan fingerprint density at radius 1 is 1.04 bits per heavy atom. The van der Waals surface area contributed by atoms with Gasteiger partial charge in [0, 0.05) is 0 Å². The third-order valence-electron chi connectivity index (χ3n) is 3.50. The Balaban J connectivity index is 2.16. The van der Waals surface area contributed by atoms with Gasteiger partial charge in [0.15, 0.2) is 0 Å². The number of nitriles is 1. The second-order valence-corrected chi connectivity index (χ2v) is 6.22. The lowest BCUT2D eigenvalue weighted by Crippen LogP contribution is -2.34. The molecule has 4 nitrogen and oxygen atoms in total. The van der Waals surface area contributed by atoms with Crippen molar-refractivity contribution < 1.29 is 0 Å². The van der Waals surface area contributed by atoms with Gasteiger partial charge in [-0.2, -0.15) is 10.4 Å². The summed E-state index contributed by atoms with van der Waals surface area (Å²) >= 11 is 0. The Morgan fingerprint density at radius 3 is 2.26 bits per heavy atom. The van der Waals surface area contributed by atoms with E-state index in [-0.39, 0.29) is 0 Å². The molecule has 0 saturated carbocycles. The van der Waals surface area contributed by atoms with E-state index in [0.29, 0.717) is 13.0 Å². The maximum absolute atomic E-state index is 8.82. The van der Waals surface area contributed by atoms with Crippen LogP contribution in [-0.2, 0) is 0 Å². The molecular formula is C19H23N4+. The summed E-state index contributed by atoms with van der Waals surface area (Å²) in [4.78, 5) is 0. The van der Waals surface area contributed by atoms with E-state index in [2.05, 4.69) is 56.6 Å². The van der Waals surface area contributed by atoms with E-state index in [0.717, 1.165) is 15.7 Å². The van der Waals surface area contributed by atoms with Crippen molar-refractivity contribution in [2.75, 3.05) is 32.7 Å². The van der Waals surface area contributed by atoms with Crippen molar-refractivity contribution in [3.8, 4) is 6.07 Å². The molecule has 23 heavy (non-hydrogen) atoms. The predicted molar refractivity (Wildman–Crippen MR) is 97.6 cm³/mol. The molecule has 0 aliphatic heterocycles. The van der Waals surface area contributed by atoms with Crippen LogP contribution in [0.3, 0.4) is 0 Å². The first-order chi connectivity index (χ1) is 11.0. The van der Waals surface area contributed by atoms with Crippen molar-refractivity contribution in [1.82, 2.24) is 4.48 Å². The van der Waals surface area contributed by atoms with E-state index in [1.807, 2.05) is 41.6 Å². The van der Waals surface area contributed by atoms with E-state index in [9.17, 15) is 0 Å². The van der Waals surface area contributed by atoms with Gasteiger partial charge in [-0.05, 0) is 42.0 Å².